The van der Waals surface area contributed by atoms with Crippen molar-refractivity contribution in [1.29, 1.82) is 0 Å². The van der Waals surface area contributed by atoms with E-state index in [-0.39, 0.29) is 14.6 Å². The van der Waals surface area contributed by atoms with E-state index >= 15 is 0 Å². The predicted octanol–water partition coefficient (Wildman–Crippen LogP) is 7.11. The van der Waals surface area contributed by atoms with Gasteiger partial charge in [0.2, 0.25) is 8.13 Å². The predicted molar refractivity (Wildman–Crippen MR) is 78.0 cm³/mol. The molecular formula is C6Cl10. The van der Waals surface area contributed by atoms with E-state index in [0.717, 1.165) is 0 Å². The molecular weight excluding hydrogens is 427 g/mol. The van der Waals surface area contributed by atoms with Crippen molar-refractivity contribution in [3.63, 3.8) is 0 Å². The van der Waals surface area contributed by atoms with Crippen LogP contribution in [0.5, 0.6) is 0 Å². The molecule has 0 aromatic carbocycles. The Morgan fingerprint density at radius 2 is 1.00 bits per heavy atom. The van der Waals surface area contributed by atoms with Crippen molar-refractivity contribution in [3.8, 4) is 0 Å². The van der Waals surface area contributed by atoms with Crippen LogP contribution in [0.3, 0.4) is 0 Å². The summed E-state index contributed by atoms with van der Waals surface area (Å²) in [4.78, 5) is 0. The molecule has 0 heterocycles. The summed E-state index contributed by atoms with van der Waals surface area (Å²) in [7, 11) is 0. The van der Waals surface area contributed by atoms with Crippen LogP contribution in [0.2, 0.25) is 0 Å². The van der Waals surface area contributed by atoms with Crippen LogP contribution in [0.15, 0.2) is 19.6 Å². The lowest BCUT2D eigenvalue weighted by atomic mass is 10.3. The van der Waals surface area contributed by atoms with Gasteiger partial charge in [-0.25, -0.2) is 0 Å². The van der Waals surface area contributed by atoms with Crippen molar-refractivity contribution in [2.24, 2.45) is 0 Å². The SMILES string of the molecule is ClC(Cl)=C(Cl)C(Cl)=C(Cl)C(Cl)(Cl)C(Cl)(Cl)Cl. The maximum atomic E-state index is 5.74. The Balaban J connectivity index is 5.60. The van der Waals surface area contributed by atoms with Crippen LogP contribution >= 0.6 is 116 Å². The van der Waals surface area contributed by atoms with Gasteiger partial charge >= 0.3 is 0 Å². The fourth-order valence-corrected chi connectivity index (χ4v) is 2.06. The van der Waals surface area contributed by atoms with E-state index in [0.29, 0.717) is 0 Å². The van der Waals surface area contributed by atoms with E-state index in [4.69, 9.17) is 116 Å². The smallest absolute Gasteiger partial charge is 0.0904 e. The highest BCUT2D eigenvalue weighted by molar-refractivity contribution is 6.78. The van der Waals surface area contributed by atoms with Crippen LogP contribution in [-0.2, 0) is 0 Å². The summed E-state index contributed by atoms with van der Waals surface area (Å²) < 4.78 is -4.55. The van der Waals surface area contributed by atoms with Gasteiger partial charge < -0.3 is 0 Å². The Morgan fingerprint density at radius 3 is 1.25 bits per heavy atom. The molecule has 0 N–H and O–H groups in total. The average Bonchev–Trinajstić information content (AvgIpc) is 2.12. The largest absolute Gasteiger partial charge is 0.228 e. The van der Waals surface area contributed by atoms with E-state index in [1.165, 1.54) is 0 Å². The molecule has 0 rings (SSSR count). The lowest BCUT2D eigenvalue weighted by Crippen LogP contribution is -2.31. The number of hydrogen-bond donors (Lipinski definition) is 0. The molecule has 94 valence electrons. The fourth-order valence-electron chi connectivity index (χ4n) is 0.442. The van der Waals surface area contributed by atoms with Crippen molar-refractivity contribution >= 4 is 116 Å². The Bertz CT molecular complexity index is 328. The molecule has 0 aromatic heterocycles. The van der Waals surface area contributed by atoms with Crippen LogP contribution in [0.25, 0.3) is 0 Å². The second kappa shape index (κ2) is 6.70. The third-order valence-electron chi connectivity index (χ3n) is 1.18. The minimum atomic E-state index is -2.12. The van der Waals surface area contributed by atoms with Crippen molar-refractivity contribution < 1.29 is 0 Å². The highest BCUT2D eigenvalue weighted by atomic mass is 35.6. The Morgan fingerprint density at radius 1 is 0.625 bits per heavy atom. The van der Waals surface area contributed by atoms with E-state index in [2.05, 4.69) is 0 Å². The first kappa shape index (κ1) is 18.4. The molecule has 0 unspecified atom stereocenters. The Kier molecular flexibility index (Phi) is 7.70. The first-order valence-electron chi connectivity index (χ1n) is 3.14. The molecule has 0 aromatic rings. The van der Waals surface area contributed by atoms with Crippen LogP contribution < -0.4 is 0 Å². The van der Waals surface area contributed by atoms with E-state index < -0.39 is 13.2 Å². The van der Waals surface area contributed by atoms with Gasteiger partial charge in [-0.3, -0.25) is 0 Å². The third kappa shape index (κ3) is 4.49. The van der Waals surface area contributed by atoms with Gasteiger partial charge in [0, 0.05) is 0 Å². The number of rotatable bonds is 2. The molecule has 0 aliphatic rings. The zero-order valence-corrected chi connectivity index (χ0v) is 14.3. The monoisotopic (exact) mass is 422 g/mol. The van der Waals surface area contributed by atoms with Gasteiger partial charge in [-0.05, 0) is 0 Å². The summed E-state index contributed by atoms with van der Waals surface area (Å²) in [6.45, 7) is 0. The molecule has 0 bridgehead atoms. The van der Waals surface area contributed by atoms with Crippen molar-refractivity contribution in [3.05, 3.63) is 19.6 Å². The minimum absolute atomic E-state index is 0.269. The summed E-state index contributed by atoms with van der Waals surface area (Å²) in [6, 6.07) is 0. The standard InChI is InChI=1S/C6Cl10/c7-1(2(8)4(10)11)3(9)5(12,13)6(14,15)16. The molecule has 0 spiro atoms. The molecule has 0 aliphatic carbocycles. The van der Waals surface area contributed by atoms with Crippen LogP contribution in [-0.4, -0.2) is 8.13 Å². The molecule has 0 amide bonds. The Hall–Kier alpha value is 2.38. The topological polar surface area (TPSA) is 0 Å². The lowest BCUT2D eigenvalue weighted by molar-refractivity contribution is 0.969. The zero-order valence-electron chi connectivity index (χ0n) is 6.78. The lowest BCUT2D eigenvalue weighted by Gasteiger charge is -2.27. The number of hydrogen-bond acceptors (Lipinski definition) is 0. The molecule has 10 heteroatoms. The van der Waals surface area contributed by atoms with Gasteiger partial charge in [-0.1, -0.05) is 116 Å². The van der Waals surface area contributed by atoms with Crippen molar-refractivity contribution in [1.82, 2.24) is 0 Å². The maximum Gasteiger partial charge on any atom is 0.228 e. The van der Waals surface area contributed by atoms with Gasteiger partial charge in [-0.15, -0.1) is 0 Å². The second-order valence-electron chi connectivity index (χ2n) is 2.27. The van der Waals surface area contributed by atoms with Gasteiger partial charge in [0.05, 0.1) is 15.1 Å². The quantitative estimate of drug-likeness (QED) is 0.326. The summed E-state index contributed by atoms with van der Waals surface area (Å²) in [5.41, 5.74) is 0. The third-order valence-corrected chi connectivity index (χ3v) is 5.75. The van der Waals surface area contributed by atoms with Gasteiger partial charge in [-0.2, -0.15) is 0 Å². The molecule has 16 heavy (non-hydrogen) atoms. The first-order valence-corrected chi connectivity index (χ1v) is 6.92. The van der Waals surface area contributed by atoms with E-state index in [1.54, 1.807) is 0 Å². The summed E-state index contributed by atoms with van der Waals surface area (Å²) >= 11 is 55.8. The molecule has 0 fully saturated rings. The van der Waals surface area contributed by atoms with E-state index in [1.807, 2.05) is 0 Å². The zero-order chi connectivity index (χ0) is 13.3. The molecule has 0 radical (unpaired) electrons. The minimum Gasteiger partial charge on any atom is -0.0904 e. The maximum absolute atomic E-state index is 5.74. The average molecular weight is 427 g/mol. The van der Waals surface area contributed by atoms with Gasteiger partial charge in [0.25, 0.3) is 0 Å². The second-order valence-corrected chi connectivity index (χ2v) is 7.97. The summed E-state index contributed by atoms with van der Waals surface area (Å²) in [5, 5.41) is -1.00. The van der Waals surface area contributed by atoms with E-state index in [9.17, 15) is 0 Å². The normalized spacial score (nSPS) is 14.6. The first-order chi connectivity index (χ1) is 6.93. The summed E-state index contributed by atoms with van der Waals surface area (Å²) in [5.74, 6) is 0. The summed E-state index contributed by atoms with van der Waals surface area (Å²) in [6.07, 6.45) is 0. The fraction of sp³-hybridized carbons (Fsp3) is 0.333. The van der Waals surface area contributed by atoms with Crippen LogP contribution in [0.4, 0.5) is 0 Å². The van der Waals surface area contributed by atoms with Gasteiger partial charge in [0.1, 0.15) is 4.49 Å². The van der Waals surface area contributed by atoms with Crippen molar-refractivity contribution in [2.45, 2.75) is 8.13 Å². The Labute approximate surface area is 142 Å². The number of alkyl halides is 5. The molecule has 0 aliphatic heterocycles. The van der Waals surface area contributed by atoms with Gasteiger partial charge in [0.15, 0.2) is 0 Å². The molecule has 0 atom stereocenters. The highest BCUT2D eigenvalue weighted by Gasteiger charge is 2.50. The van der Waals surface area contributed by atoms with Crippen LogP contribution in [0.1, 0.15) is 0 Å². The molecule has 0 saturated carbocycles. The molecule has 0 nitrogen and oxygen atoms in total. The highest BCUT2D eigenvalue weighted by Crippen LogP contribution is 2.53. The van der Waals surface area contributed by atoms with Crippen molar-refractivity contribution in [2.75, 3.05) is 0 Å². The van der Waals surface area contributed by atoms with Crippen LogP contribution in [0, 0.1) is 0 Å². The molecule has 0 saturated heterocycles. The number of halogens is 10. The number of allylic oxidation sites excluding steroid dienone is 3.